The van der Waals surface area contributed by atoms with Crippen LogP contribution in [-0.2, 0) is 20.9 Å². The molecule has 0 amide bonds. The van der Waals surface area contributed by atoms with Gasteiger partial charge in [-0.3, -0.25) is 4.79 Å². The number of alkyl halides is 3. The average molecular weight is 509 g/mol. The van der Waals surface area contributed by atoms with Gasteiger partial charge in [0, 0.05) is 5.56 Å². The fourth-order valence-corrected chi connectivity index (χ4v) is 2.87. The Kier molecular flexibility index (Phi) is 10.4. The Morgan fingerprint density at radius 3 is 2.11 bits per heavy atom. The van der Waals surface area contributed by atoms with Crippen LogP contribution in [0.5, 0.6) is 5.75 Å². The van der Waals surface area contributed by atoms with E-state index in [0.29, 0.717) is 23.5 Å². The second-order valence-corrected chi connectivity index (χ2v) is 7.33. The molecule has 0 radical (unpaired) electrons. The zero-order valence-corrected chi connectivity index (χ0v) is 18.7. The summed E-state index contributed by atoms with van der Waals surface area (Å²) in [7, 11) is 0. The molecule has 192 valence electrons. The number of hydrogen-bond donors (Lipinski definition) is 3. The van der Waals surface area contributed by atoms with Gasteiger partial charge in [-0.15, -0.1) is 0 Å². The lowest BCUT2D eigenvalue weighted by atomic mass is 10.00. The van der Waals surface area contributed by atoms with Crippen molar-refractivity contribution in [2.45, 2.75) is 24.9 Å². The third-order valence-electron chi connectivity index (χ3n) is 4.59. The molecule has 0 aliphatic rings. The smallest absolute Gasteiger partial charge is 0.489 e. The van der Waals surface area contributed by atoms with Gasteiger partial charge in [0.2, 0.25) is 0 Å². The zero-order valence-electron chi connectivity index (χ0n) is 18.7. The van der Waals surface area contributed by atoms with Crippen LogP contribution >= 0.6 is 0 Å². The first kappa shape index (κ1) is 28.3. The normalized spacial score (nSPS) is 12.6. The average Bonchev–Trinajstić information content (AvgIpc) is 2.84. The van der Waals surface area contributed by atoms with Gasteiger partial charge in [-0.05, 0) is 29.3 Å². The highest BCUT2D eigenvalue weighted by molar-refractivity contribution is 5.73. The van der Waals surface area contributed by atoms with Crippen LogP contribution in [-0.4, -0.2) is 41.0 Å². The van der Waals surface area contributed by atoms with Gasteiger partial charge in [-0.25, -0.2) is 9.18 Å². The van der Waals surface area contributed by atoms with E-state index in [0.717, 1.165) is 5.56 Å². The molecule has 0 aromatic heterocycles. The number of ether oxygens (including phenoxy) is 2. The highest BCUT2D eigenvalue weighted by Crippen LogP contribution is 2.33. The Labute approximate surface area is 203 Å². The number of carboxylic acid groups (broad SMARTS) is 2. The molecule has 3 rings (SSSR count). The molecule has 1 unspecified atom stereocenters. The van der Waals surface area contributed by atoms with Crippen LogP contribution in [0.25, 0.3) is 0 Å². The van der Waals surface area contributed by atoms with E-state index < -0.39 is 36.1 Å². The Hall–Kier alpha value is -3.96. The van der Waals surface area contributed by atoms with Crippen molar-refractivity contribution in [3.63, 3.8) is 0 Å². The SMILES string of the molecule is N[C@@H](COC(c1cccc(F)c1)c1ccccc1OCc1ccccc1)C(=O)O.O=C(O)C(F)(F)F. The predicted octanol–water partition coefficient (Wildman–Crippen LogP) is 4.56. The van der Waals surface area contributed by atoms with Crippen LogP contribution in [0.15, 0.2) is 78.9 Å². The van der Waals surface area contributed by atoms with Crippen molar-refractivity contribution in [3.05, 3.63) is 101 Å². The molecule has 3 aromatic carbocycles. The predicted molar refractivity (Wildman–Crippen MR) is 121 cm³/mol. The molecule has 0 saturated heterocycles. The van der Waals surface area contributed by atoms with E-state index in [1.54, 1.807) is 18.2 Å². The summed E-state index contributed by atoms with van der Waals surface area (Å²) in [4.78, 5) is 20.0. The topological polar surface area (TPSA) is 119 Å². The molecular formula is C25H23F4NO6. The summed E-state index contributed by atoms with van der Waals surface area (Å²) in [6.07, 6.45) is -5.82. The number of benzene rings is 3. The molecule has 0 aliphatic carbocycles. The highest BCUT2D eigenvalue weighted by Gasteiger charge is 2.38. The molecule has 0 aliphatic heterocycles. The third-order valence-corrected chi connectivity index (χ3v) is 4.59. The molecule has 7 nitrogen and oxygen atoms in total. The van der Waals surface area contributed by atoms with Crippen molar-refractivity contribution >= 4 is 11.9 Å². The highest BCUT2D eigenvalue weighted by atomic mass is 19.4. The van der Waals surface area contributed by atoms with Gasteiger partial charge in [-0.1, -0.05) is 60.7 Å². The van der Waals surface area contributed by atoms with Gasteiger partial charge >= 0.3 is 18.1 Å². The second kappa shape index (κ2) is 13.2. The van der Waals surface area contributed by atoms with E-state index in [-0.39, 0.29) is 6.61 Å². The molecule has 0 fully saturated rings. The van der Waals surface area contributed by atoms with Crippen LogP contribution in [0.1, 0.15) is 22.8 Å². The number of hydrogen-bond acceptors (Lipinski definition) is 5. The summed E-state index contributed by atoms with van der Waals surface area (Å²) in [6.45, 7) is 0.117. The van der Waals surface area contributed by atoms with E-state index >= 15 is 0 Å². The summed E-state index contributed by atoms with van der Waals surface area (Å²) in [5.41, 5.74) is 7.79. The van der Waals surface area contributed by atoms with Gasteiger partial charge < -0.3 is 25.4 Å². The molecule has 2 atom stereocenters. The lowest BCUT2D eigenvalue weighted by molar-refractivity contribution is -0.192. The number of para-hydroxylation sites is 1. The molecule has 4 N–H and O–H groups in total. The van der Waals surface area contributed by atoms with Crippen LogP contribution in [0.3, 0.4) is 0 Å². The Morgan fingerprint density at radius 2 is 1.53 bits per heavy atom. The summed E-state index contributed by atoms with van der Waals surface area (Å²) in [6, 6.07) is 21.7. The van der Waals surface area contributed by atoms with Crippen molar-refractivity contribution in [1.29, 1.82) is 0 Å². The largest absolute Gasteiger partial charge is 0.490 e. The molecule has 0 saturated carbocycles. The summed E-state index contributed by atoms with van der Waals surface area (Å²) in [5.74, 6) is -3.78. The van der Waals surface area contributed by atoms with Gasteiger partial charge in [0.25, 0.3) is 0 Å². The lowest BCUT2D eigenvalue weighted by Crippen LogP contribution is -2.35. The number of carbonyl (C=O) groups is 2. The Morgan fingerprint density at radius 1 is 0.917 bits per heavy atom. The first-order valence-electron chi connectivity index (χ1n) is 10.4. The maximum Gasteiger partial charge on any atom is 0.490 e. The Balaban J connectivity index is 0.000000572. The quantitative estimate of drug-likeness (QED) is 0.362. The van der Waals surface area contributed by atoms with Gasteiger partial charge in [0.1, 0.15) is 30.3 Å². The molecule has 11 heteroatoms. The van der Waals surface area contributed by atoms with Crippen LogP contribution < -0.4 is 10.5 Å². The van der Waals surface area contributed by atoms with Gasteiger partial charge in [-0.2, -0.15) is 13.2 Å². The van der Waals surface area contributed by atoms with Crippen molar-refractivity contribution in [2.24, 2.45) is 5.73 Å². The molecule has 0 heterocycles. The van der Waals surface area contributed by atoms with E-state index in [1.165, 1.54) is 12.1 Å². The monoisotopic (exact) mass is 509 g/mol. The fraction of sp³-hybridized carbons (Fsp3) is 0.200. The number of nitrogens with two attached hydrogens (primary N) is 1. The number of aliphatic carboxylic acids is 2. The minimum Gasteiger partial charge on any atom is -0.489 e. The summed E-state index contributed by atoms with van der Waals surface area (Å²) < 4.78 is 57.4. The first-order chi connectivity index (χ1) is 17.0. The van der Waals surface area contributed by atoms with E-state index in [2.05, 4.69) is 0 Å². The van der Waals surface area contributed by atoms with Crippen molar-refractivity contribution in [3.8, 4) is 5.75 Å². The number of halogens is 4. The van der Waals surface area contributed by atoms with Crippen molar-refractivity contribution in [1.82, 2.24) is 0 Å². The van der Waals surface area contributed by atoms with Crippen molar-refractivity contribution < 1.29 is 46.8 Å². The van der Waals surface area contributed by atoms with Crippen LogP contribution in [0.4, 0.5) is 17.6 Å². The standard InChI is InChI=1S/C23H22FNO4.C2HF3O2/c24-18-10-6-9-17(13-18)22(29-15-20(25)23(26)27)19-11-4-5-12-21(19)28-14-16-7-2-1-3-8-16;3-2(4,5)1(6)7/h1-13,20,22H,14-15,25H2,(H,26,27);(H,6,7)/t20-,22?;/m0./s1. The van der Waals surface area contributed by atoms with Gasteiger partial charge in [0.15, 0.2) is 0 Å². The lowest BCUT2D eigenvalue weighted by Gasteiger charge is -2.23. The summed E-state index contributed by atoms with van der Waals surface area (Å²) >= 11 is 0. The van der Waals surface area contributed by atoms with E-state index in [4.69, 9.17) is 30.2 Å². The molecular weight excluding hydrogens is 486 g/mol. The maximum absolute atomic E-state index is 13.8. The minimum atomic E-state index is -5.08. The van der Waals surface area contributed by atoms with Gasteiger partial charge in [0.05, 0.1) is 6.61 Å². The first-order valence-corrected chi connectivity index (χ1v) is 10.4. The second-order valence-electron chi connectivity index (χ2n) is 7.33. The number of carboxylic acids is 2. The number of rotatable bonds is 9. The van der Waals surface area contributed by atoms with E-state index in [9.17, 15) is 22.4 Å². The maximum atomic E-state index is 13.8. The van der Waals surface area contributed by atoms with Crippen LogP contribution in [0, 0.1) is 5.82 Å². The fourth-order valence-electron chi connectivity index (χ4n) is 2.87. The molecule has 3 aromatic rings. The molecule has 36 heavy (non-hydrogen) atoms. The third kappa shape index (κ3) is 9.01. The Bertz CT molecular complexity index is 1140. The van der Waals surface area contributed by atoms with Crippen molar-refractivity contribution in [2.75, 3.05) is 6.61 Å². The summed E-state index contributed by atoms with van der Waals surface area (Å²) in [5, 5.41) is 16.2. The zero-order chi connectivity index (χ0) is 26.7. The minimum absolute atomic E-state index is 0.233. The molecule has 0 bridgehead atoms. The van der Waals surface area contributed by atoms with E-state index in [1.807, 2.05) is 48.5 Å². The van der Waals surface area contributed by atoms with Crippen LogP contribution in [0.2, 0.25) is 0 Å². The molecule has 0 spiro atoms.